The smallest absolute Gasteiger partial charge is 0.226 e. The molecule has 56 heavy (non-hydrogen) atoms. The molecule has 3 aliphatic rings. The molecule has 0 radical (unpaired) electrons. The third kappa shape index (κ3) is 8.11. The van der Waals surface area contributed by atoms with E-state index >= 15 is 0 Å². The first kappa shape index (κ1) is 36.3. The van der Waals surface area contributed by atoms with Gasteiger partial charge in [0, 0.05) is 77.7 Å². The van der Waals surface area contributed by atoms with Crippen LogP contribution >= 0.6 is 0 Å². The summed E-state index contributed by atoms with van der Waals surface area (Å²) in [5, 5.41) is 14.4. The van der Waals surface area contributed by atoms with Crippen molar-refractivity contribution >= 4 is 45.9 Å². The molecule has 0 spiro atoms. The molecular weight excluding hydrogens is 713 g/mol. The summed E-state index contributed by atoms with van der Waals surface area (Å²) in [6.45, 7) is 2.81. The lowest BCUT2D eigenvalue weighted by molar-refractivity contribution is -0.0299. The lowest BCUT2D eigenvalue weighted by Crippen LogP contribution is -2.33. The van der Waals surface area contributed by atoms with E-state index in [2.05, 4.69) is 40.4 Å². The van der Waals surface area contributed by atoms with Crippen LogP contribution in [-0.2, 0) is 36.4 Å². The maximum atomic E-state index is 6.14. The zero-order chi connectivity index (χ0) is 37.8. The van der Waals surface area contributed by atoms with Crippen molar-refractivity contribution in [3.05, 3.63) is 49.1 Å². The van der Waals surface area contributed by atoms with E-state index in [0.717, 1.165) is 136 Å². The van der Waals surface area contributed by atoms with Crippen LogP contribution in [0.15, 0.2) is 37.7 Å². The summed E-state index contributed by atoms with van der Waals surface area (Å²) < 4.78 is 20.3. The van der Waals surface area contributed by atoms with Crippen molar-refractivity contribution in [2.75, 3.05) is 47.6 Å². The Morgan fingerprint density at radius 2 is 1.04 bits per heavy atom. The Bertz CT molecular complexity index is 2060. The highest BCUT2D eigenvalue weighted by molar-refractivity contribution is 5.85. The van der Waals surface area contributed by atoms with E-state index in [9.17, 15) is 0 Å². The molecule has 9 rings (SSSR count). The molecule has 2 aliphatic heterocycles. The number of fused-ring (bicyclic) bond motifs is 2. The van der Waals surface area contributed by atoms with Gasteiger partial charge in [-0.3, -0.25) is 9.13 Å². The summed E-state index contributed by atoms with van der Waals surface area (Å²) in [6.07, 6.45) is 22.9. The predicted octanol–water partition coefficient (Wildman–Crippen LogP) is 4.98. The first-order valence-electron chi connectivity index (χ1n) is 20.2. The van der Waals surface area contributed by atoms with Gasteiger partial charge >= 0.3 is 0 Å². The number of anilines is 4. The highest BCUT2D eigenvalue weighted by Crippen LogP contribution is 2.33. The average Bonchev–Trinajstić information content (AvgIpc) is 4.04. The highest BCUT2D eigenvalue weighted by Gasteiger charge is 2.27. The van der Waals surface area contributed by atoms with Crippen molar-refractivity contribution in [3.63, 3.8) is 0 Å². The van der Waals surface area contributed by atoms with Crippen molar-refractivity contribution in [2.24, 2.45) is 14.1 Å². The number of ether oxygens (including phenoxy) is 2. The van der Waals surface area contributed by atoms with Crippen molar-refractivity contribution in [1.29, 1.82) is 0 Å². The molecule has 4 N–H and O–H groups in total. The fourth-order valence-corrected chi connectivity index (χ4v) is 8.07. The van der Waals surface area contributed by atoms with Gasteiger partial charge in [0.2, 0.25) is 11.9 Å². The molecule has 6 aromatic rings. The van der Waals surface area contributed by atoms with Gasteiger partial charge in [0.25, 0.3) is 0 Å². The second-order valence-electron chi connectivity index (χ2n) is 15.3. The normalized spacial score (nSPS) is 21.8. The molecule has 2 unspecified atom stereocenters. The summed E-state index contributed by atoms with van der Waals surface area (Å²) in [7, 11) is 3.96. The van der Waals surface area contributed by atoms with Crippen LogP contribution in [0.5, 0.6) is 0 Å². The molecule has 2 saturated heterocycles. The maximum Gasteiger partial charge on any atom is 0.226 e. The van der Waals surface area contributed by atoms with E-state index in [0.29, 0.717) is 25.0 Å². The van der Waals surface area contributed by atoms with Crippen LogP contribution in [0.2, 0.25) is 0 Å². The Morgan fingerprint density at radius 1 is 0.571 bits per heavy atom. The fourth-order valence-electron chi connectivity index (χ4n) is 8.07. The van der Waals surface area contributed by atoms with Gasteiger partial charge in [-0.15, -0.1) is 0 Å². The third-order valence-electron chi connectivity index (χ3n) is 11.0. The minimum atomic E-state index is -0.0779. The van der Waals surface area contributed by atoms with E-state index in [1.165, 1.54) is 0 Å². The molecule has 2 atom stereocenters. The molecule has 296 valence electrons. The zero-order valence-electron chi connectivity index (χ0n) is 32.3. The summed E-state index contributed by atoms with van der Waals surface area (Å²) >= 11 is 0. The number of hydrogen-bond acceptors (Lipinski definition) is 14. The predicted molar refractivity (Wildman–Crippen MR) is 212 cm³/mol. The molecule has 6 aromatic heterocycles. The first-order chi connectivity index (χ1) is 27.5. The Morgan fingerprint density at radius 3 is 1.43 bits per heavy atom. The lowest BCUT2D eigenvalue weighted by Gasteiger charge is -2.30. The minimum Gasteiger partial charge on any atom is -0.365 e. The quantitative estimate of drug-likeness (QED) is 0.116. The van der Waals surface area contributed by atoms with E-state index in [1.54, 1.807) is 0 Å². The van der Waals surface area contributed by atoms with Crippen LogP contribution in [0.3, 0.4) is 0 Å². The van der Waals surface area contributed by atoms with E-state index in [1.807, 2.05) is 60.9 Å². The second-order valence-corrected chi connectivity index (χ2v) is 15.3. The summed E-state index contributed by atoms with van der Waals surface area (Å²) in [6, 6.07) is 0.445. The molecule has 18 nitrogen and oxygen atoms in total. The van der Waals surface area contributed by atoms with Crippen LogP contribution in [0.1, 0.15) is 88.1 Å². The number of nitrogens with one attached hydrogen (secondary N) is 4. The van der Waals surface area contributed by atoms with E-state index in [4.69, 9.17) is 39.4 Å². The van der Waals surface area contributed by atoms with Crippen LogP contribution < -0.4 is 21.3 Å². The van der Waals surface area contributed by atoms with Crippen LogP contribution in [0, 0.1) is 0 Å². The van der Waals surface area contributed by atoms with Gasteiger partial charge in [-0.2, -0.15) is 19.9 Å². The largest absolute Gasteiger partial charge is 0.365 e. The van der Waals surface area contributed by atoms with Gasteiger partial charge in [0.05, 0.1) is 36.7 Å². The average molecular weight is 765 g/mol. The number of aryl methyl sites for hydroxylation is 2. The van der Waals surface area contributed by atoms with Crippen LogP contribution in [-0.4, -0.2) is 96.5 Å². The molecule has 0 bridgehead atoms. The van der Waals surface area contributed by atoms with Crippen molar-refractivity contribution in [3.8, 4) is 0 Å². The monoisotopic (exact) mass is 764 g/mol. The fraction of sp³-hybridized carbons (Fsp3) is 0.579. The summed E-state index contributed by atoms with van der Waals surface area (Å²) in [5.74, 6) is 2.63. The Labute approximate surface area is 325 Å². The molecular formula is C38H52N16O2. The molecule has 1 saturated carbocycles. The van der Waals surface area contributed by atoms with Crippen molar-refractivity contribution in [2.45, 2.75) is 102 Å². The number of rotatable bonds is 14. The SMILES string of the molecule is Cn1cnc(CCNc2nc(NC3CCC(Nc4nc(NCCc5cn(C)cn5)nc5c4ncn5C4CCCCO4)CC3)c3ncn(C4CCCCO4)c3n2)c1. The Kier molecular flexibility index (Phi) is 10.6. The number of imidazole rings is 4. The molecule has 0 aromatic carbocycles. The number of aromatic nitrogens is 12. The Balaban J connectivity index is 0.897. The molecule has 18 heteroatoms. The second kappa shape index (κ2) is 16.4. The maximum absolute atomic E-state index is 6.14. The highest BCUT2D eigenvalue weighted by atomic mass is 16.5. The first-order valence-corrected chi connectivity index (χ1v) is 20.2. The van der Waals surface area contributed by atoms with Crippen LogP contribution in [0.25, 0.3) is 22.3 Å². The van der Waals surface area contributed by atoms with E-state index < -0.39 is 0 Å². The molecule has 0 amide bonds. The standard InChI is InChI=1S/C38H52N16O2/c1-51-19-27(41-21-51)13-15-39-37-47-33(31-35(49-37)53(23-43-31)29-7-3-5-17-55-29)45-25-9-11-26(12-10-25)46-34-32-36(54(24-44-32)30-8-4-6-18-56-30)50-38(48-34)40-16-14-28-20-52(2)22-42-28/h19-26,29-30H,3-18H2,1-2H3,(H2,39,45,47,49)(H2,40,46,48,50). The number of nitrogens with zero attached hydrogens (tertiary/aromatic N) is 12. The van der Waals surface area contributed by atoms with Gasteiger partial charge in [-0.25, -0.2) is 19.9 Å². The van der Waals surface area contributed by atoms with Crippen molar-refractivity contribution in [1.82, 2.24) is 58.1 Å². The van der Waals surface area contributed by atoms with E-state index in [-0.39, 0.29) is 24.5 Å². The lowest BCUT2D eigenvalue weighted by atomic mass is 9.91. The minimum absolute atomic E-state index is 0.0779. The molecule has 8 heterocycles. The third-order valence-corrected chi connectivity index (χ3v) is 11.0. The van der Waals surface area contributed by atoms with Gasteiger partial charge in [-0.05, 0) is 64.2 Å². The summed E-state index contributed by atoms with van der Waals surface area (Å²) in [4.78, 5) is 38.4. The van der Waals surface area contributed by atoms with Gasteiger partial charge < -0.3 is 39.9 Å². The molecule has 3 fully saturated rings. The topological polar surface area (TPSA) is 189 Å². The molecule has 1 aliphatic carbocycles. The zero-order valence-corrected chi connectivity index (χ0v) is 32.3. The Hall–Kier alpha value is -5.36. The van der Waals surface area contributed by atoms with Gasteiger partial charge in [0.1, 0.15) is 12.5 Å². The van der Waals surface area contributed by atoms with Crippen molar-refractivity contribution < 1.29 is 9.47 Å². The van der Waals surface area contributed by atoms with Gasteiger partial charge in [0.15, 0.2) is 34.0 Å². The number of hydrogen-bond donors (Lipinski definition) is 4. The van der Waals surface area contributed by atoms with Gasteiger partial charge in [-0.1, -0.05) is 0 Å². The van der Waals surface area contributed by atoms with Crippen LogP contribution in [0.4, 0.5) is 23.5 Å². The summed E-state index contributed by atoms with van der Waals surface area (Å²) in [5.41, 5.74) is 5.12.